The van der Waals surface area contributed by atoms with Gasteiger partial charge in [-0.3, -0.25) is 9.10 Å². The zero-order valence-electron chi connectivity index (χ0n) is 22.4. The van der Waals surface area contributed by atoms with Gasteiger partial charge in [0.05, 0.1) is 30.8 Å². The number of carbonyl (C=O) groups excluding carboxylic acids is 1. The molecule has 0 aromatic heterocycles. The predicted molar refractivity (Wildman–Crippen MR) is 147 cm³/mol. The van der Waals surface area contributed by atoms with Crippen molar-refractivity contribution >= 4 is 21.6 Å². The molecule has 3 aromatic rings. The van der Waals surface area contributed by atoms with Crippen molar-refractivity contribution in [1.82, 2.24) is 5.32 Å². The quantitative estimate of drug-likeness (QED) is 0.426. The summed E-state index contributed by atoms with van der Waals surface area (Å²) in [6.07, 6.45) is -1.02. The molecule has 1 N–H and O–H groups in total. The Bertz CT molecular complexity index is 1380. The molecule has 3 aromatic carbocycles. The Labute approximate surface area is 224 Å². The minimum absolute atomic E-state index is 0.0541. The molecular weight excluding hydrogens is 504 g/mol. The molecule has 0 saturated heterocycles. The number of aryl methyl sites for hydroxylation is 1. The van der Waals surface area contributed by atoms with Crippen LogP contribution in [0.4, 0.5) is 5.69 Å². The number of hydrogen-bond donors (Lipinski definition) is 1. The number of nitrogens with one attached hydrogen (secondary N) is 1. The second kappa shape index (κ2) is 10.9. The Hall–Kier alpha value is -3.72. The molecule has 9 heteroatoms. The molecule has 4 rings (SSSR count). The molecule has 8 nitrogen and oxygen atoms in total. The number of hydrogen-bond acceptors (Lipinski definition) is 6. The van der Waals surface area contributed by atoms with Crippen LogP contribution in [-0.4, -0.2) is 47.2 Å². The van der Waals surface area contributed by atoms with Gasteiger partial charge < -0.3 is 19.5 Å². The number of sulfonamides is 1. The third-order valence-corrected chi connectivity index (χ3v) is 8.11. The average Bonchev–Trinajstić information content (AvgIpc) is 2.90. The fourth-order valence-electron chi connectivity index (χ4n) is 4.11. The van der Waals surface area contributed by atoms with Crippen LogP contribution >= 0.6 is 0 Å². The molecule has 0 spiro atoms. The summed E-state index contributed by atoms with van der Waals surface area (Å²) in [6, 6.07) is 19.3. The lowest BCUT2D eigenvalue weighted by Crippen LogP contribution is -2.51. The van der Waals surface area contributed by atoms with Crippen molar-refractivity contribution in [3.05, 3.63) is 77.9 Å². The van der Waals surface area contributed by atoms with E-state index in [1.54, 1.807) is 24.3 Å². The first-order valence-corrected chi connectivity index (χ1v) is 13.9. The van der Waals surface area contributed by atoms with Crippen LogP contribution < -0.4 is 23.8 Å². The van der Waals surface area contributed by atoms with Gasteiger partial charge in [-0.1, -0.05) is 39.0 Å². The highest BCUT2D eigenvalue weighted by molar-refractivity contribution is 7.92. The predicted octanol–water partition coefficient (Wildman–Crippen LogP) is 4.45. The van der Waals surface area contributed by atoms with Gasteiger partial charge in [0.15, 0.2) is 6.10 Å². The molecule has 0 fully saturated rings. The molecule has 0 saturated carbocycles. The summed E-state index contributed by atoms with van der Waals surface area (Å²) in [7, 11) is -2.45. The maximum absolute atomic E-state index is 13.6. The van der Waals surface area contributed by atoms with Gasteiger partial charge in [-0.25, -0.2) is 8.42 Å². The minimum Gasteiger partial charge on any atom is -0.497 e. The van der Waals surface area contributed by atoms with E-state index < -0.39 is 22.0 Å². The molecule has 0 aliphatic carbocycles. The Morgan fingerprint density at radius 2 is 1.68 bits per heavy atom. The van der Waals surface area contributed by atoms with Gasteiger partial charge in [0.1, 0.15) is 23.9 Å². The minimum atomic E-state index is -3.97. The zero-order valence-corrected chi connectivity index (χ0v) is 23.2. The van der Waals surface area contributed by atoms with Crippen molar-refractivity contribution in [3.8, 4) is 17.2 Å². The molecule has 0 bridgehead atoms. The van der Waals surface area contributed by atoms with Crippen LogP contribution in [0.2, 0.25) is 0 Å². The summed E-state index contributed by atoms with van der Waals surface area (Å²) in [5.41, 5.74) is 2.53. The number of fused-ring (bicyclic) bond motifs is 1. The van der Waals surface area contributed by atoms with Crippen LogP contribution in [0, 0.1) is 6.92 Å². The number of methoxy groups -OCH3 is 1. The van der Waals surface area contributed by atoms with Gasteiger partial charge >= 0.3 is 0 Å². The second-order valence-electron chi connectivity index (χ2n) is 10.2. The van der Waals surface area contributed by atoms with Crippen molar-refractivity contribution in [2.45, 2.75) is 44.1 Å². The van der Waals surface area contributed by atoms with Crippen LogP contribution in [-0.2, 0) is 20.2 Å². The number of ether oxygens (including phenoxy) is 3. The molecule has 0 unspecified atom stereocenters. The van der Waals surface area contributed by atoms with Crippen LogP contribution in [0.15, 0.2) is 71.6 Å². The van der Waals surface area contributed by atoms with E-state index in [0.717, 1.165) is 5.56 Å². The molecule has 1 heterocycles. The van der Waals surface area contributed by atoms with Crippen molar-refractivity contribution in [3.63, 3.8) is 0 Å². The third-order valence-electron chi connectivity index (χ3n) is 6.31. The van der Waals surface area contributed by atoms with E-state index in [2.05, 4.69) is 26.1 Å². The van der Waals surface area contributed by atoms with Crippen LogP contribution in [0.25, 0.3) is 0 Å². The third kappa shape index (κ3) is 6.05. The number of nitrogens with zero attached hydrogens (tertiary/aromatic N) is 1. The van der Waals surface area contributed by atoms with Gasteiger partial charge in [-0.15, -0.1) is 0 Å². The molecule has 202 valence electrons. The van der Waals surface area contributed by atoms with Crippen molar-refractivity contribution < 1.29 is 27.4 Å². The van der Waals surface area contributed by atoms with E-state index in [1.807, 2.05) is 37.3 Å². The summed E-state index contributed by atoms with van der Waals surface area (Å²) >= 11 is 0. The van der Waals surface area contributed by atoms with Gasteiger partial charge in [0.25, 0.3) is 15.9 Å². The Morgan fingerprint density at radius 1 is 1.03 bits per heavy atom. The summed E-state index contributed by atoms with van der Waals surface area (Å²) in [5, 5.41) is 2.80. The highest BCUT2D eigenvalue weighted by Gasteiger charge is 2.37. The number of anilines is 1. The lowest BCUT2D eigenvalue weighted by molar-refractivity contribution is -0.127. The molecular formula is C29H34N2O6S. The smallest absolute Gasteiger partial charge is 0.264 e. The van der Waals surface area contributed by atoms with E-state index in [-0.39, 0.29) is 30.0 Å². The maximum atomic E-state index is 13.6. The molecule has 38 heavy (non-hydrogen) atoms. The topological polar surface area (TPSA) is 94.2 Å². The van der Waals surface area contributed by atoms with Crippen LogP contribution in [0.1, 0.15) is 31.9 Å². The Morgan fingerprint density at radius 3 is 2.32 bits per heavy atom. The van der Waals surface area contributed by atoms with Gasteiger partial charge in [-0.05, 0) is 72.0 Å². The lowest BCUT2D eigenvalue weighted by Gasteiger charge is -2.35. The number of amides is 1. The van der Waals surface area contributed by atoms with Crippen molar-refractivity contribution in [2.24, 2.45) is 0 Å². The maximum Gasteiger partial charge on any atom is 0.264 e. The summed E-state index contributed by atoms with van der Waals surface area (Å²) in [5.74, 6) is 1.17. The summed E-state index contributed by atoms with van der Waals surface area (Å²) < 4.78 is 45.3. The fourth-order valence-corrected chi connectivity index (χ4v) is 5.58. The zero-order chi connectivity index (χ0) is 27.5. The molecule has 1 aliphatic rings. The highest BCUT2D eigenvalue weighted by Crippen LogP contribution is 2.38. The van der Waals surface area contributed by atoms with Crippen molar-refractivity contribution in [1.29, 1.82) is 0 Å². The van der Waals surface area contributed by atoms with E-state index in [0.29, 0.717) is 22.9 Å². The number of carbonyl (C=O) groups is 1. The first kappa shape index (κ1) is 27.3. The second-order valence-corrected chi connectivity index (χ2v) is 12.1. The molecule has 1 atom stereocenters. The first-order valence-electron chi connectivity index (χ1n) is 12.4. The average molecular weight is 539 g/mol. The number of benzene rings is 3. The fraction of sp³-hybridized carbons (Fsp3) is 0.345. The van der Waals surface area contributed by atoms with Gasteiger partial charge in [0.2, 0.25) is 0 Å². The summed E-state index contributed by atoms with van der Waals surface area (Å²) in [6.45, 7) is 8.65. The Balaban J connectivity index is 1.44. The molecule has 1 aliphatic heterocycles. The van der Waals surface area contributed by atoms with Crippen molar-refractivity contribution in [2.75, 3.05) is 31.1 Å². The highest BCUT2D eigenvalue weighted by atomic mass is 32.2. The lowest BCUT2D eigenvalue weighted by atomic mass is 9.87. The monoisotopic (exact) mass is 538 g/mol. The molecule has 0 radical (unpaired) electrons. The normalized spacial score (nSPS) is 15.3. The standard InChI is InChI=1S/C29H34N2O6S/c1-20-6-15-26-25(18-20)31(38(33,34)24-13-11-22(35-5)12-14-24)19-27(37-26)28(32)30-16-17-36-23-9-7-21(8-10-23)29(2,3)4/h6-15,18,27H,16-17,19H2,1-5H3,(H,30,32)/t27-/m0/s1. The Kier molecular flexibility index (Phi) is 7.87. The van der Waals surface area contributed by atoms with Gasteiger partial charge in [0, 0.05) is 0 Å². The largest absolute Gasteiger partial charge is 0.497 e. The first-order chi connectivity index (χ1) is 18.0. The summed E-state index contributed by atoms with van der Waals surface area (Å²) in [4.78, 5) is 13.1. The SMILES string of the molecule is COc1ccc(S(=O)(=O)N2C[C@@H](C(=O)NCCOc3ccc(C(C)(C)C)cc3)Oc3ccc(C)cc32)cc1. The molecule has 1 amide bonds. The van der Waals surface area contributed by atoms with E-state index >= 15 is 0 Å². The number of rotatable bonds is 8. The van der Waals surface area contributed by atoms with E-state index in [9.17, 15) is 13.2 Å². The van der Waals surface area contributed by atoms with Crippen LogP contribution in [0.3, 0.4) is 0 Å². The van der Waals surface area contributed by atoms with Crippen LogP contribution in [0.5, 0.6) is 17.2 Å². The van der Waals surface area contributed by atoms with E-state index in [1.165, 1.54) is 29.1 Å². The van der Waals surface area contributed by atoms with E-state index in [4.69, 9.17) is 14.2 Å². The van der Waals surface area contributed by atoms with Gasteiger partial charge in [-0.2, -0.15) is 0 Å².